The Morgan fingerprint density at radius 2 is 1.86 bits per heavy atom. The molecular weight excluding hydrogens is 390 g/mol. The third-order valence-electron chi connectivity index (χ3n) is 4.58. The summed E-state index contributed by atoms with van der Waals surface area (Å²) in [6, 6.07) is 7.49. The zero-order valence-electron chi connectivity index (χ0n) is 17.2. The number of hydrogen-bond acceptors (Lipinski definition) is 4. The Hall–Kier alpha value is -2.80. The number of ether oxygens (including phenoxy) is 1. The minimum absolute atomic E-state index is 0.199. The van der Waals surface area contributed by atoms with Crippen LogP contribution in [0.1, 0.15) is 39.4 Å². The van der Waals surface area contributed by atoms with E-state index in [1.165, 1.54) is 0 Å². The second-order valence-corrected chi connectivity index (χ2v) is 7.52. The summed E-state index contributed by atoms with van der Waals surface area (Å²) in [7, 11) is 0. The first-order valence-electron chi connectivity index (χ1n) is 9.55. The van der Waals surface area contributed by atoms with E-state index in [-0.39, 0.29) is 12.6 Å². The van der Waals surface area contributed by atoms with E-state index >= 15 is 0 Å². The molecule has 0 unspecified atom stereocenters. The van der Waals surface area contributed by atoms with Crippen LogP contribution in [0.25, 0.3) is 0 Å². The summed E-state index contributed by atoms with van der Waals surface area (Å²) in [6.45, 7) is 9.42. The van der Waals surface area contributed by atoms with Gasteiger partial charge >= 0.3 is 0 Å². The third kappa shape index (κ3) is 5.38. The topological polar surface area (TPSA) is 74.0 Å². The van der Waals surface area contributed by atoms with Gasteiger partial charge in [0.05, 0.1) is 5.69 Å². The molecule has 0 aliphatic rings. The van der Waals surface area contributed by atoms with Gasteiger partial charge in [0.15, 0.2) is 6.73 Å². The highest BCUT2D eigenvalue weighted by Gasteiger charge is 2.10. The van der Waals surface area contributed by atoms with Crippen LogP contribution < -0.4 is 10.1 Å². The largest absolute Gasteiger partial charge is 0.471 e. The Bertz CT molecular complexity index is 985. The first kappa shape index (κ1) is 20.9. The summed E-state index contributed by atoms with van der Waals surface area (Å²) in [4.78, 5) is 12.3. The molecule has 8 heteroatoms. The zero-order valence-corrected chi connectivity index (χ0v) is 18.0. The van der Waals surface area contributed by atoms with E-state index in [1.54, 1.807) is 16.9 Å². The molecule has 3 aromatic rings. The lowest BCUT2D eigenvalue weighted by Crippen LogP contribution is -2.26. The molecule has 2 aromatic heterocycles. The predicted molar refractivity (Wildman–Crippen MR) is 112 cm³/mol. The number of aryl methyl sites for hydroxylation is 5. The summed E-state index contributed by atoms with van der Waals surface area (Å²) in [6.07, 6.45) is 2.52. The van der Waals surface area contributed by atoms with Crippen LogP contribution in [0, 0.1) is 27.7 Å². The van der Waals surface area contributed by atoms with Crippen molar-refractivity contribution in [3.8, 4) is 5.75 Å². The second-order valence-electron chi connectivity index (χ2n) is 7.14. The number of carbonyl (C=O) groups excluding carboxylic acids is 1. The van der Waals surface area contributed by atoms with E-state index in [4.69, 9.17) is 16.3 Å². The van der Waals surface area contributed by atoms with Crippen LogP contribution in [0.5, 0.6) is 5.75 Å². The molecule has 0 radical (unpaired) electrons. The minimum Gasteiger partial charge on any atom is -0.471 e. The van der Waals surface area contributed by atoms with Gasteiger partial charge in [0.2, 0.25) is 0 Å². The first-order valence-corrected chi connectivity index (χ1v) is 9.93. The molecule has 154 valence electrons. The van der Waals surface area contributed by atoms with Crippen molar-refractivity contribution in [3.05, 3.63) is 63.7 Å². The van der Waals surface area contributed by atoms with Gasteiger partial charge in [-0.15, -0.1) is 0 Å². The second kappa shape index (κ2) is 9.13. The fourth-order valence-electron chi connectivity index (χ4n) is 3.11. The molecule has 0 atom stereocenters. The van der Waals surface area contributed by atoms with Crippen LogP contribution in [0.4, 0.5) is 0 Å². The Kier molecular flexibility index (Phi) is 6.59. The summed E-state index contributed by atoms with van der Waals surface area (Å²) in [5.74, 6) is 0.519. The fourth-order valence-corrected chi connectivity index (χ4v) is 3.22. The molecule has 0 saturated heterocycles. The molecule has 0 saturated carbocycles. The molecule has 0 aliphatic carbocycles. The highest BCUT2D eigenvalue weighted by molar-refractivity contribution is 6.32. The maximum absolute atomic E-state index is 12.3. The number of nitrogens with zero attached hydrogens (tertiary/aromatic N) is 4. The van der Waals surface area contributed by atoms with Crippen molar-refractivity contribution in [2.75, 3.05) is 6.54 Å². The molecule has 1 N–H and O–H groups in total. The maximum atomic E-state index is 12.3. The van der Waals surface area contributed by atoms with E-state index in [2.05, 4.69) is 15.5 Å². The highest BCUT2D eigenvalue weighted by atomic mass is 35.5. The van der Waals surface area contributed by atoms with Crippen LogP contribution in [-0.4, -0.2) is 32.0 Å². The van der Waals surface area contributed by atoms with Gasteiger partial charge in [-0.2, -0.15) is 10.2 Å². The standard InChI is InChI=1S/C21H26ClN5O2/c1-14-10-18(11-15(2)20(14)22)29-13-26-9-6-19(25-26)21(28)23-7-5-8-27-17(4)12-16(3)24-27/h6,9-12H,5,7-8,13H2,1-4H3,(H,23,28). The van der Waals surface area contributed by atoms with Crippen molar-refractivity contribution >= 4 is 17.5 Å². The van der Waals surface area contributed by atoms with E-state index in [1.807, 2.05) is 50.6 Å². The first-order chi connectivity index (χ1) is 13.8. The quantitative estimate of drug-likeness (QED) is 0.567. The number of rotatable bonds is 8. The summed E-state index contributed by atoms with van der Waals surface area (Å²) in [5.41, 5.74) is 4.41. The van der Waals surface area contributed by atoms with Gasteiger partial charge in [-0.25, -0.2) is 4.68 Å². The van der Waals surface area contributed by atoms with Crippen molar-refractivity contribution < 1.29 is 9.53 Å². The van der Waals surface area contributed by atoms with Crippen LogP contribution in [0.15, 0.2) is 30.5 Å². The van der Waals surface area contributed by atoms with Crippen molar-refractivity contribution in [1.82, 2.24) is 24.9 Å². The van der Waals surface area contributed by atoms with E-state index < -0.39 is 0 Å². The highest BCUT2D eigenvalue weighted by Crippen LogP contribution is 2.26. The lowest BCUT2D eigenvalue weighted by atomic mass is 10.1. The Morgan fingerprint density at radius 3 is 2.52 bits per heavy atom. The van der Waals surface area contributed by atoms with Crippen LogP contribution in [0.2, 0.25) is 5.02 Å². The van der Waals surface area contributed by atoms with Gasteiger partial charge in [0.1, 0.15) is 11.4 Å². The molecule has 1 aromatic carbocycles. The molecule has 1 amide bonds. The van der Waals surface area contributed by atoms with Crippen molar-refractivity contribution in [1.29, 1.82) is 0 Å². The number of hydrogen-bond donors (Lipinski definition) is 1. The van der Waals surface area contributed by atoms with Crippen molar-refractivity contribution in [2.24, 2.45) is 0 Å². The molecule has 3 rings (SSSR count). The van der Waals surface area contributed by atoms with Crippen LogP contribution in [0.3, 0.4) is 0 Å². The average Bonchev–Trinajstić information content (AvgIpc) is 3.27. The van der Waals surface area contributed by atoms with Gasteiger partial charge in [0.25, 0.3) is 5.91 Å². The number of amides is 1. The Morgan fingerprint density at radius 1 is 1.14 bits per heavy atom. The molecule has 0 bridgehead atoms. The summed E-state index contributed by atoms with van der Waals surface area (Å²) >= 11 is 6.18. The minimum atomic E-state index is -0.199. The lowest BCUT2D eigenvalue weighted by Gasteiger charge is -2.10. The number of benzene rings is 1. The fraction of sp³-hybridized carbons (Fsp3) is 0.381. The monoisotopic (exact) mass is 415 g/mol. The molecule has 29 heavy (non-hydrogen) atoms. The number of carbonyl (C=O) groups is 1. The SMILES string of the molecule is Cc1cc(C)n(CCCNC(=O)c2ccn(COc3cc(C)c(Cl)c(C)c3)n2)n1. The molecule has 0 fully saturated rings. The Balaban J connectivity index is 1.46. The van der Waals surface area contributed by atoms with E-state index in [9.17, 15) is 4.79 Å². The predicted octanol–water partition coefficient (Wildman–Crippen LogP) is 3.82. The maximum Gasteiger partial charge on any atom is 0.271 e. The normalized spacial score (nSPS) is 10.9. The number of aromatic nitrogens is 4. The molecule has 0 spiro atoms. The van der Waals surface area contributed by atoms with Gasteiger partial charge in [-0.1, -0.05) is 11.6 Å². The van der Waals surface area contributed by atoms with E-state index in [0.717, 1.165) is 46.3 Å². The molecule has 2 heterocycles. The summed E-state index contributed by atoms with van der Waals surface area (Å²) < 4.78 is 9.30. The van der Waals surface area contributed by atoms with Crippen LogP contribution >= 0.6 is 11.6 Å². The summed E-state index contributed by atoms with van der Waals surface area (Å²) in [5, 5.41) is 12.3. The van der Waals surface area contributed by atoms with Crippen LogP contribution in [-0.2, 0) is 13.3 Å². The molecule has 0 aliphatic heterocycles. The van der Waals surface area contributed by atoms with Gasteiger partial charge in [-0.3, -0.25) is 9.48 Å². The van der Waals surface area contributed by atoms with Gasteiger partial charge < -0.3 is 10.1 Å². The number of halogens is 1. The van der Waals surface area contributed by atoms with Gasteiger partial charge in [0, 0.05) is 30.0 Å². The molecular formula is C21H26ClN5O2. The zero-order chi connectivity index (χ0) is 21.0. The third-order valence-corrected chi connectivity index (χ3v) is 5.18. The van der Waals surface area contributed by atoms with Gasteiger partial charge in [-0.05, 0) is 69.5 Å². The Labute approximate surface area is 175 Å². The van der Waals surface area contributed by atoms with Crippen molar-refractivity contribution in [3.63, 3.8) is 0 Å². The number of nitrogens with one attached hydrogen (secondary N) is 1. The molecule has 7 nitrogen and oxygen atoms in total. The lowest BCUT2D eigenvalue weighted by molar-refractivity contribution is 0.0945. The smallest absolute Gasteiger partial charge is 0.271 e. The van der Waals surface area contributed by atoms with E-state index in [0.29, 0.717) is 12.2 Å². The average molecular weight is 416 g/mol. The van der Waals surface area contributed by atoms with Crippen molar-refractivity contribution in [2.45, 2.75) is 47.4 Å².